The SMILES string of the molecule is CCCCCCCCCCCCCCCCCCCCCC(=O)OC(=O)CCCCCCCCCCCCCCCCC. The van der Waals surface area contributed by atoms with Crippen molar-refractivity contribution in [3.8, 4) is 0 Å². The molecule has 0 aliphatic heterocycles. The Labute approximate surface area is 270 Å². The van der Waals surface area contributed by atoms with E-state index in [9.17, 15) is 9.59 Å². The van der Waals surface area contributed by atoms with Crippen LogP contribution in [-0.2, 0) is 14.3 Å². The first kappa shape index (κ1) is 42.1. The molecule has 0 aromatic heterocycles. The van der Waals surface area contributed by atoms with Crippen molar-refractivity contribution in [3.63, 3.8) is 0 Å². The molecule has 0 rings (SSSR count). The molecule has 0 aliphatic rings. The summed E-state index contributed by atoms with van der Waals surface area (Å²) in [6.07, 6.45) is 46.0. The first-order valence-corrected chi connectivity index (χ1v) is 19.9. The van der Waals surface area contributed by atoms with Gasteiger partial charge in [0.15, 0.2) is 0 Å². The standard InChI is InChI=1S/C40H78O3/c1-3-5-7-9-11-13-15-17-19-20-21-22-24-26-28-30-32-34-36-38-40(42)43-39(41)37-35-33-31-29-27-25-23-18-16-14-12-10-8-6-4-2/h3-38H2,1-2H3. The van der Waals surface area contributed by atoms with Gasteiger partial charge in [0.05, 0.1) is 0 Å². The van der Waals surface area contributed by atoms with Crippen LogP contribution < -0.4 is 0 Å². The van der Waals surface area contributed by atoms with Gasteiger partial charge in [-0.1, -0.05) is 219 Å². The summed E-state index contributed by atoms with van der Waals surface area (Å²) < 4.78 is 5.03. The highest BCUT2D eigenvalue weighted by molar-refractivity contribution is 5.85. The fourth-order valence-electron chi connectivity index (χ4n) is 6.22. The van der Waals surface area contributed by atoms with E-state index in [2.05, 4.69) is 13.8 Å². The third-order valence-corrected chi connectivity index (χ3v) is 9.20. The molecule has 0 saturated heterocycles. The monoisotopic (exact) mass is 607 g/mol. The molecule has 0 N–H and O–H groups in total. The maximum atomic E-state index is 12.0. The minimum absolute atomic E-state index is 0.321. The predicted octanol–water partition coefficient (Wildman–Crippen LogP) is 14.1. The van der Waals surface area contributed by atoms with Crippen LogP contribution in [0.2, 0.25) is 0 Å². The molecule has 0 amide bonds. The summed E-state index contributed by atoms with van der Waals surface area (Å²) >= 11 is 0. The van der Waals surface area contributed by atoms with Gasteiger partial charge in [-0.3, -0.25) is 9.59 Å². The molecule has 43 heavy (non-hydrogen) atoms. The van der Waals surface area contributed by atoms with E-state index in [1.165, 1.54) is 193 Å². The third-order valence-electron chi connectivity index (χ3n) is 9.20. The summed E-state index contributed by atoms with van der Waals surface area (Å²) in [6.45, 7) is 4.57. The topological polar surface area (TPSA) is 43.4 Å². The van der Waals surface area contributed by atoms with E-state index in [-0.39, 0.29) is 11.9 Å². The van der Waals surface area contributed by atoms with Crippen LogP contribution in [0.15, 0.2) is 0 Å². The number of hydrogen-bond acceptors (Lipinski definition) is 3. The van der Waals surface area contributed by atoms with E-state index < -0.39 is 0 Å². The lowest BCUT2D eigenvalue weighted by Crippen LogP contribution is -2.11. The Bertz CT molecular complexity index is 558. The van der Waals surface area contributed by atoms with Gasteiger partial charge in [-0.25, -0.2) is 0 Å². The average molecular weight is 607 g/mol. The van der Waals surface area contributed by atoms with E-state index >= 15 is 0 Å². The molecule has 0 aromatic rings. The Balaban J connectivity index is 3.26. The Kier molecular flexibility index (Phi) is 36.6. The van der Waals surface area contributed by atoms with Gasteiger partial charge in [0.2, 0.25) is 0 Å². The van der Waals surface area contributed by atoms with E-state index in [0.717, 1.165) is 25.7 Å². The first-order valence-electron chi connectivity index (χ1n) is 19.9. The van der Waals surface area contributed by atoms with Crippen molar-refractivity contribution < 1.29 is 14.3 Å². The van der Waals surface area contributed by atoms with Crippen molar-refractivity contribution in [2.75, 3.05) is 0 Å². The largest absolute Gasteiger partial charge is 0.393 e. The van der Waals surface area contributed by atoms with Gasteiger partial charge in [0, 0.05) is 12.8 Å². The van der Waals surface area contributed by atoms with Crippen molar-refractivity contribution >= 4 is 11.9 Å². The highest BCUT2D eigenvalue weighted by Gasteiger charge is 2.10. The number of hydrogen-bond donors (Lipinski definition) is 0. The molecule has 0 unspecified atom stereocenters. The molecular weight excluding hydrogens is 528 g/mol. The van der Waals surface area contributed by atoms with Crippen LogP contribution in [0, 0.1) is 0 Å². The molecule has 0 aromatic carbocycles. The Hall–Kier alpha value is -0.860. The van der Waals surface area contributed by atoms with Gasteiger partial charge < -0.3 is 4.74 Å². The maximum Gasteiger partial charge on any atom is 0.313 e. The summed E-state index contributed by atoms with van der Waals surface area (Å²) in [5, 5.41) is 0. The van der Waals surface area contributed by atoms with Crippen LogP contribution in [0.4, 0.5) is 0 Å². The number of esters is 2. The fraction of sp³-hybridized carbons (Fsp3) is 0.950. The molecule has 0 fully saturated rings. The number of ether oxygens (including phenoxy) is 1. The third kappa shape index (κ3) is 37.2. The lowest BCUT2D eigenvalue weighted by atomic mass is 10.0. The minimum Gasteiger partial charge on any atom is -0.393 e. The van der Waals surface area contributed by atoms with Gasteiger partial charge in [0.1, 0.15) is 0 Å². The summed E-state index contributed by atoms with van der Waals surface area (Å²) in [6, 6.07) is 0. The van der Waals surface area contributed by atoms with E-state index in [0.29, 0.717) is 12.8 Å². The van der Waals surface area contributed by atoms with Crippen LogP contribution in [-0.4, -0.2) is 11.9 Å². The Morgan fingerprint density at radius 3 is 0.628 bits per heavy atom. The first-order chi connectivity index (χ1) is 21.2. The molecule has 0 bridgehead atoms. The summed E-state index contributed by atoms with van der Waals surface area (Å²) in [5.74, 6) is -0.643. The zero-order valence-electron chi connectivity index (χ0n) is 29.7. The van der Waals surface area contributed by atoms with E-state index in [4.69, 9.17) is 4.74 Å². The lowest BCUT2D eigenvalue weighted by Gasteiger charge is -2.05. The van der Waals surface area contributed by atoms with E-state index in [1.807, 2.05) is 0 Å². The molecule has 0 atom stereocenters. The van der Waals surface area contributed by atoms with Crippen LogP contribution in [0.3, 0.4) is 0 Å². The average Bonchev–Trinajstić information content (AvgIpc) is 3.00. The highest BCUT2D eigenvalue weighted by Crippen LogP contribution is 2.16. The zero-order chi connectivity index (χ0) is 31.3. The molecule has 0 heterocycles. The van der Waals surface area contributed by atoms with Crippen molar-refractivity contribution in [2.24, 2.45) is 0 Å². The number of rotatable bonds is 36. The lowest BCUT2D eigenvalue weighted by molar-refractivity contribution is -0.159. The Morgan fingerprint density at radius 1 is 0.279 bits per heavy atom. The predicted molar refractivity (Wildman–Crippen MR) is 189 cm³/mol. The van der Waals surface area contributed by atoms with Crippen LogP contribution in [0.25, 0.3) is 0 Å². The summed E-state index contributed by atoms with van der Waals surface area (Å²) in [4.78, 5) is 23.9. The van der Waals surface area contributed by atoms with Crippen LogP contribution >= 0.6 is 0 Å². The molecular formula is C40H78O3. The number of carbonyl (C=O) groups is 2. The smallest absolute Gasteiger partial charge is 0.313 e. The quantitative estimate of drug-likeness (QED) is 0.0405. The van der Waals surface area contributed by atoms with Crippen molar-refractivity contribution in [2.45, 2.75) is 245 Å². The molecule has 3 nitrogen and oxygen atoms in total. The summed E-state index contributed by atoms with van der Waals surface area (Å²) in [7, 11) is 0. The molecule has 0 saturated carbocycles. The fourth-order valence-corrected chi connectivity index (χ4v) is 6.22. The minimum atomic E-state index is -0.322. The summed E-state index contributed by atoms with van der Waals surface area (Å²) in [5.41, 5.74) is 0. The normalized spacial score (nSPS) is 11.3. The molecule has 0 aliphatic carbocycles. The van der Waals surface area contributed by atoms with Crippen molar-refractivity contribution in [3.05, 3.63) is 0 Å². The second kappa shape index (κ2) is 37.3. The van der Waals surface area contributed by atoms with Gasteiger partial charge in [-0.05, 0) is 12.8 Å². The van der Waals surface area contributed by atoms with E-state index in [1.54, 1.807) is 0 Å². The molecule has 0 spiro atoms. The van der Waals surface area contributed by atoms with Crippen molar-refractivity contribution in [1.29, 1.82) is 0 Å². The van der Waals surface area contributed by atoms with Crippen LogP contribution in [0.5, 0.6) is 0 Å². The highest BCUT2D eigenvalue weighted by atomic mass is 16.6. The van der Waals surface area contributed by atoms with Gasteiger partial charge in [-0.15, -0.1) is 0 Å². The van der Waals surface area contributed by atoms with Gasteiger partial charge in [0.25, 0.3) is 0 Å². The number of unbranched alkanes of at least 4 members (excludes halogenated alkanes) is 32. The van der Waals surface area contributed by atoms with Crippen LogP contribution in [0.1, 0.15) is 245 Å². The molecule has 256 valence electrons. The molecule has 0 radical (unpaired) electrons. The van der Waals surface area contributed by atoms with Gasteiger partial charge in [-0.2, -0.15) is 0 Å². The second-order valence-electron chi connectivity index (χ2n) is 13.7. The van der Waals surface area contributed by atoms with Crippen molar-refractivity contribution in [1.82, 2.24) is 0 Å². The Morgan fingerprint density at radius 2 is 0.442 bits per heavy atom. The molecule has 3 heteroatoms. The number of carbonyl (C=O) groups excluding carboxylic acids is 2. The zero-order valence-corrected chi connectivity index (χ0v) is 29.7. The van der Waals surface area contributed by atoms with Gasteiger partial charge >= 0.3 is 11.9 Å². The maximum absolute atomic E-state index is 12.0. The second-order valence-corrected chi connectivity index (χ2v) is 13.7.